The lowest BCUT2D eigenvalue weighted by molar-refractivity contribution is 1.36. The van der Waals surface area contributed by atoms with Crippen LogP contribution >= 0.6 is 15.9 Å². The summed E-state index contributed by atoms with van der Waals surface area (Å²) in [7, 11) is 0. The van der Waals surface area contributed by atoms with Crippen molar-refractivity contribution >= 4 is 26.8 Å². The van der Waals surface area contributed by atoms with E-state index in [-0.39, 0.29) is 0 Å². The van der Waals surface area contributed by atoms with E-state index in [1.165, 1.54) is 10.9 Å². The zero-order valence-electron chi connectivity index (χ0n) is 6.71. The van der Waals surface area contributed by atoms with Gasteiger partial charge in [0.05, 0.1) is 5.52 Å². The summed E-state index contributed by atoms with van der Waals surface area (Å²) in [6, 6.07) is 8.14. The van der Waals surface area contributed by atoms with Crippen LogP contribution in [0, 0.1) is 6.92 Å². The number of aryl methyl sites for hydroxylation is 1. The minimum atomic E-state index is 1.08. The van der Waals surface area contributed by atoms with E-state index >= 15 is 0 Å². The molecule has 1 nitrogen and oxygen atoms in total. The highest BCUT2D eigenvalue weighted by atomic mass is 79.9. The summed E-state index contributed by atoms with van der Waals surface area (Å²) in [4.78, 5) is 4.31. The van der Waals surface area contributed by atoms with Crippen molar-refractivity contribution in [2.75, 3.05) is 0 Å². The molecular weight excluding hydrogens is 214 g/mol. The molecule has 0 saturated heterocycles. The first kappa shape index (κ1) is 7.74. The molecule has 0 aliphatic heterocycles. The fourth-order valence-corrected chi connectivity index (χ4v) is 1.73. The van der Waals surface area contributed by atoms with Crippen molar-refractivity contribution < 1.29 is 0 Å². The number of rotatable bonds is 0. The molecule has 0 radical (unpaired) electrons. The summed E-state index contributed by atoms with van der Waals surface area (Å²) >= 11 is 3.49. The maximum absolute atomic E-state index is 4.31. The molecule has 0 aliphatic carbocycles. The lowest BCUT2D eigenvalue weighted by Gasteiger charge is -2.01. The van der Waals surface area contributed by atoms with Gasteiger partial charge in [-0.1, -0.05) is 28.1 Å². The van der Waals surface area contributed by atoms with Crippen molar-refractivity contribution in [3.63, 3.8) is 0 Å². The minimum Gasteiger partial charge on any atom is -0.256 e. The first-order valence-corrected chi connectivity index (χ1v) is 4.58. The summed E-state index contributed by atoms with van der Waals surface area (Å²) in [6.45, 7) is 2.07. The Morgan fingerprint density at radius 3 is 2.83 bits per heavy atom. The zero-order chi connectivity index (χ0) is 8.55. The SMILES string of the molecule is Cc1ccc(Br)c2cccnc12. The third-order valence-electron chi connectivity index (χ3n) is 1.92. The Balaban J connectivity index is 2.95. The van der Waals surface area contributed by atoms with Crippen molar-refractivity contribution in [3.05, 3.63) is 40.5 Å². The van der Waals surface area contributed by atoms with Crippen molar-refractivity contribution in [1.82, 2.24) is 4.98 Å². The van der Waals surface area contributed by atoms with Gasteiger partial charge >= 0.3 is 0 Å². The van der Waals surface area contributed by atoms with Crippen LogP contribution in [0.15, 0.2) is 34.9 Å². The predicted octanol–water partition coefficient (Wildman–Crippen LogP) is 3.31. The van der Waals surface area contributed by atoms with Crippen LogP contribution in [0.5, 0.6) is 0 Å². The minimum absolute atomic E-state index is 1.08. The van der Waals surface area contributed by atoms with Crippen LogP contribution in [0.1, 0.15) is 5.56 Å². The molecule has 1 aromatic carbocycles. The maximum Gasteiger partial charge on any atom is 0.0742 e. The zero-order valence-corrected chi connectivity index (χ0v) is 8.30. The molecule has 12 heavy (non-hydrogen) atoms. The number of fused-ring (bicyclic) bond motifs is 1. The smallest absolute Gasteiger partial charge is 0.0742 e. The van der Waals surface area contributed by atoms with Crippen LogP contribution in [0.25, 0.3) is 10.9 Å². The van der Waals surface area contributed by atoms with Gasteiger partial charge in [0.15, 0.2) is 0 Å². The second-order valence-electron chi connectivity index (χ2n) is 2.76. The highest BCUT2D eigenvalue weighted by molar-refractivity contribution is 9.10. The van der Waals surface area contributed by atoms with Gasteiger partial charge in [0.2, 0.25) is 0 Å². The molecule has 60 valence electrons. The summed E-state index contributed by atoms with van der Waals surface area (Å²) in [5.74, 6) is 0. The Hall–Kier alpha value is -0.890. The Kier molecular flexibility index (Phi) is 1.85. The number of hydrogen-bond acceptors (Lipinski definition) is 1. The second-order valence-corrected chi connectivity index (χ2v) is 3.62. The van der Waals surface area contributed by atoms with Crippen molar-refractivity contribution in [3.8, 4) is 0 Å². The highest BCUT2D eigenvalue weighted by Gasteiger charge is 2.00. The van der Waals surface area contributed by atoms with Crippen LogP contribution in [-0.2, 0) is 0 Å². The van der Waals surface area contributed by atoms with Crippen LogP contribution in [0.2, 0.25) is 0 Å². The number of pyridine rings is 1. The molecule has 0 unspecified atom stereocenters. The summed E-state index contributed by atoms with van der Waals surface area (Å²) < 4.78 is 1.11. The summed E-state index contributed by atoms with van der Waals surface area (Å²) in [5.41, 5.74) is 2.29. The molecule has 0 aliphatic rings. The number of halogens is 1. The summed E-state index contributed by atoms with van der Waals surface area (Å²) in [5, 5.41) is 1.18. The number of aromatic nitrogens is 1. The number of benzene rings is 1. The molecule has 0 saturated carbocycles. The van der Waals surface area contributed by atoms with E-state index in [9.17, 15) is 0 Å². The molecule has 0 fully saturated rings. The van der Waals surface area contributed by atoms with Gasteiger partial charge in [-0.2, -0.15) is 0 Å². The average Bonchev–Trinajstić information content (AvgIpc) is 2.12. The van der Waals surface area contributed by atoms with E-state index in [0.29, 0.717) is 0 Å². The molecule has 0 N–H and O–H groups in total. The lowest BCUT2D eigenvalue weighted by atomic mass is 10.1. The van der Waals surface area contributed by atoms with Crippen LogP contribution in [0.4, 0.5) is 0 Å². The van der Waals surface area contributed by atoms with Crippen LogP contribution in [0.3, 0.4) is 0 Å². The van der Waals surface area contributed by atoms with E-state index in [1.54, 1.807) is 0 Å². The van der Waals surface area contributed by atoms with Crippen molar-refractivity contribution in [2.24, 2.45) is 0 Å². The molecule has 0 bridgehead atoms. The van der Waals surface area contributed by atoms with E-state index < -0.39 is 0 Å². The van der Waals surface area contributed by atoms with Crippen molar-refractivity contribution in [1.29, 1.82) is 0 Å². The quantitative estimate of drug-likeness (QED) is 0.666. The van der Waals surface area contributed by atoms with E-state index in [2.05, 4.69) is 46.0 Å². The van der Waals surface area contributed by atoms with Gasteiger partial charge in [0, 0.05) is 16.1 Å². The maximum atomic E-state index is 4.31. The molecule has 2 heteroatoms. The van der Waals surface area contributed by atoms with E-state index in [0.717, 1.165) is 9.99 Å². The van der Waals surface area contributed by atoms with Gasteiger partial charge in [-0.3, -0.25) is 4.98 Å². The molecule has 0 spiro atoms. The Bertz CT molecular complexity index is 383. The third-order valence-corrected chi connectivity index (χ3v) is 2.61. The Morgan fingerprint density at radius 2 is 2.08 bits per heavy atom. The molecule has 1 heterocycles. The molecule has 2 aromatic rings. The van der Waals surface area contributed by atoms with Gasteiger partial charge in [-0.15, -0.1) is 0 Å². The molecule has 2 rings (SSSR count). The van der Waals surface area contributed by atoms with E-state index in [1.807, 2.05) is 12.3 Å². The first-order chi connectivity index (χ1) is 5.79. The second kappa shape index (κ2) is 2.87. The first-order valence-electron chi connectivity index (χ1n) is 3.79. The Labute approximate surface area is 79.6 Å². The van der Waals surface area contributed by atoms with E-state index in [4.69, 9.17) is 0 Å². The van der Waals surface area contributed by atoms with Crippen LogP contribution < -0.4 is 0 Å². The van der Waals surface area contributed by atoms with Gasteiger partial charge < -0.3 is 0 Å². The van der Waals surface area contributed by atoms with Crippen molar-refractivity contribution in [2.45, 2.75) is 6.92 Å². The molecule has 0 amide bonds. The predicted molar refractivity (Wildman–Crippen MR) is 54.2 cm³/mol. The lowest BCUT2D eigenvalue weighted by Crippen LogP contribution is -1.82. The molecular formula is C10H8BrN. The van der Waals surface area contributed by atoms with Gasteiger partial charge in [-0.25, -0.2) is 0 Å². The van der Waals surface area contributed by atoms with Gasteiger partial charge in [0.25, 0.3) is 0 Å². The highest BCUT2D eigenvalue weighted by Crippen LogP contribution is 2.24. The van der Waals surface area contributed by atoms with Crippen LogP contribution in [-0.4, -0.2) is 4.98 Å². The third kappa shape index (κ3) is 1.12. The number of nitrogens with zero attached hydrogens (tertiary/aromatic N) is 1. The fraction of sp³-hybridized carbons (Fsp3) is 0.100. The number of hydrogen-bond donors (Lipinski definition) is 0. The van der Waals surface area contributed by atoms with Gasteiger partial charge in [0.1, 0.15) is 0 Å². The van der Waals surface area contributed by atoms with Gasteiger partial charge in [-0.05, 0) is 24.6 Å². The fourth-order valence-electron chi connectivity index (χ4n) is 1.28. The standard InChI is InChI=1S/C10H8BrN/c1-7-4-5-9(11)8-3-2-6-12-10(7)8/h2-6H,1H3. The summed E-state index contributed by atoms with van der Waals surface area (Å²) in [6.07, 6.45) is 1.82. The molecule has 1 aromatic heterocycles. The molecule has 0 atom stereocenters. The average molecular weight is 222 g/mol. The Morgan fingerprint density at radius 1 is 1.25 bits per heavy atom. The normalized spacial score (nSPS) is 10.5. The topological polar surface area (TPSA) is 12.9 Å². The monoisotopic (exact) mass is 221 g/mol. The largest absolute Gasteiger partial charge is 0.256 e.